The molecule has 2 aliphatic heterocycles. The van der Waals surface area contributed by atoms with Crippen molar-refractivity contribution >= 4 is 11.9 Å². The van der Waals surface area contributed by atoms with Crippen LogP contribution in [0, 0.1) is 12.8 Å². The molecule has 0 spiro atoms. The standard InChI is InChI=1S/C17H23N3O3/c1-11-5-3-4-6-12(11)8-19-17(22)20-9-13-7-14(16(21)18-2)15(10-20)23-13/h3-6,13-15H,7-10H2,1-2H3,(H,18,21)(H,19,22)/t13-,14+,15+/m0/s1. The molecule has 0 aliphatic carbocycles. The molecule has 3 rings (SSSR count). The number of nitrogens with zero attached hydrogens (tertiary/aromatic N) is 1. The molecular formula is C17H23N3O3. The van der Waals surface area contributed by atoms with Gasteiger partial charge in [-0.25, -0.2) is 4.79 Å². The molecule has 2 saturated heterocycles. The summed E-state index contributed by atoms with van der Waals surface area (Å²) in [5.41, 5.74) is 2.27. The fraction of sp³-hybridized carbons (Fsp3) is 0.529. The number of nitrogens with one attached hydrogen (secondary N) is 2. The fourth-order valence-electron chi connectivity index (χ4n) is 3.38. The number of hydrogen-bond acceptors (Lipinski definition) is 3. The van der Waals surface area contributed by atoms with Crippen molar-refractivity contribution in [2.75, 3.05) is 20.1 Å². The zero-order valence-corrected chi connectivity index (χ0v) is 13.5. The van der Waals surface area contributed by atoms with Crippen LogP contribution in [0.1, 0.15) is 17.5 Å². The molecule has 6 heteroatoms. The number of rotatable bonds is 3. The number of urea groups is 1. The summed E-state index contributed by atoms with van der Waals surface area (Å²) in [6.07, 6.45) is 0.449. The summed E-state index contributed by atoms with van der Waals surface area (Å²) in [7, 11) is 1.64. The number of amides is 3. The summed E-state index contributed by atoms with van der Waals surface area (Å²) >= 11 is 0. The second-order valence-corrected chi connectivity index (χ2v) is 6.24. The first-order chi connectivity index (χ1) is 11.1. The minimum atomic E-state index is -0.196. The summed E-state index contributed by atoms with van der Waals surface area (Å²) in [4.78, 5) is 26.0. The summed E-state index contributed by atoms with van der Waals surface area (Å²) in [6, 6.07) is 7.91. The lowest BCUT2D eigenvalue weighted by Crippen LogP contribution is -2.51. The lowest BCUT2D eigenvalue weighted by molar-refractivity contribution is -0.127. The van der Waals surface area contributed by atoms with Crippen LogP contribution in [0.15, 0.2) is 24.3 Å². The Kier molecular flexibility index (Phi) is 4.52. The van der Waals surface area contributed by atoms with Crippen molar-refractivity contribution in [1.82, 2.24) is 15.5 Å². The van der Waals surface area contributed by atoms with E-state index in [1.807, 2.05) is 31.2 Å². The number of carbonyl (C=O) groups excluding carboxylic acids is 2. The first kappa shape index (κ1) is 15.8. The molecule has 3 amide bonds. The zero-order valence-electron chi connectivity index (χ0n) is 13.5. The Balaban J connectivity index is 1.57. The molecule has 0 aromatic heterocycles. The molecule has 0 unspecified atom stereocenters. The third-order valence-electron chi connectivity index (χ3n) is 4.72. The minimum absolute atomic E-state index is 0.000307. The molecular weight excluding hydrogens is 294 g/mol. The van der Waals surface area contributed by atoms with E-state index in [1.54, 1.807) is 11.9 Å². The van der Waals surface area contributed by atoms with Gasteiger partial charge in [0.1, 0.15) is 0 Å². The maximum atomic E-state index is 12.4. The van der Waals surface area contributed by atoms with Gasteiger partial charge in [-0.2, -0.15) is 0 Å². The third-order valence-corrected chi connectivity index (χ3v) is 4.72. The topological polar surface area (TPSA) is 70.7 Å². The molecule has 23 heavy (non-hydrogen) atoms. The van der Waals surface area contributed by atoms with Crippen molar-refractivity contribution in [2.45, 2.75) is 32.1 Å². The smallest absolute Gasteiger partial charge is 0.317 e. The summed E-state index contributed by atoms with van der Waals surface area (Å²) < 4.78 is 5.81. The number of morpholine rings is 1. The maximum absolute atomic E-state index is 12.4. The largest absolute Gasteiger partial charge is 0.370 e. The van der Waals surface area contributed by atoms with Crippen molar-refractivity contribution < 1.29 is 14.3 Å². The van der Waals surface area contributed by atoms with E-state index in [4.69, 9.17) is 4.74 Å². The number of ether oxygens (including phenoxy) is 1. The lowest BCUT2D eigenvalue weighted by Gasteiger charge is -2.32. The van der Waals surface area contributed by atoms with Crippen LogP contribution in [0.25, 0.3) is 0 Å². The number of hydrogen-bond donors (Lipinski definition) is 2. The van der Waals surface area contributed by atoms with Crippen molar-refractivity contribution in [3.63, 3.8) is 0 Å². The van der Waals surface area contributed by atoms with Gasteiger partial charge < -0.3 is 20.3 Å². The SMILES string of the molecule is CNC(=O)[C@@H]1C[C@H]2CN(C(=O)NCc3ccccc3C)C[C@H]1O2. The second kappa shape index (κ2) is 6.58. The van der Waals surface area contributed by atoms with Gasteiger partial charge in [0, 0.05) is 26.7 Å². The van der Waals surface area contributed by atoms with Crippen molar-refractivity contribution in [3.05, 3.63) is 35.4 Å². The van der Waals surface area contributed by atoms with Crippen LogP contribution in [-0.4, -0.2) is 49.2 Å². The van der Waals surface area contributed by atoms with Gasteiger partial charge in [0.2, 0.25) is 5.91 Å². The van der Waals surface area contributed by atoms with Crippen LogP contribution in [0.2, 0.25) is 0 Å². The average Bonchev–Trinajstić information content (AvgIpc) is 2.87. The summed E-state index contributed by atoms with van der Waals surface area (Å²) in [5.74, 6) is -0.154. The van der Waals surface area contributed by atoms with Gasteiger partial charge in [0.15, 0.2) is 0 Å². The van der Waals surface area contributed by atoms with E-state index in [1.165, 1.54) is 0 Å². The highest BCUT2D eigenvalue weighted by Gasteiger charge is 2.45. The third kappa shape index (κ3) is 3.32. The average molecular weight is 317 g/mol. The lowest BCUT2D eigenvalue weighted by atomic mass is 10.00. The van der Waals surface area contributed by atoms with Crippen LogP contribution >= 0.6 is 0 Å². The Bertz CT molecular complexity index is 605. The molecule has 0 radical (unpaired) electrons. The number of benzene rings is 1. The number of carbonyl (C=O) groups is 2. The predicted molar refractivity (Wildman–Crippen MR) is 85.8 cm³/mol. The quantitative estimate of drug-likeness (QED) is 0.875. The molecule has 0 saturated carbocycles. The van der Waals surface area contributed by atoms with Crippen molar-refractivity contribution in [1.29, 1.82) is 0 Å². The van der Waals surface area contributed by atoms with E-state index in [-0.39, 0.29) is 30.1 Å². The molecule has 1 aromatic rings. The van der Waals surface area contributed by atoms with E-state index in [0.29, 0.717) is 26.1 Å². The molecule has 2 N–H and O–H groups in total. The van der Waals surface area contributed by atoms with Gasteiger partial charge in [-0.1, -0.05) is 24.3 Å². The molecule has 1 aromatic carbocycles. The Labute approximate surface area is 136 Å². The molecule has 2 heterocycles. The number of fused-ring (bicyclic) bond motifs is 2. The monoisotopic (exact) mass is 317 g/mol. The van der Waals surface area contributed by atoms with E-state index in [9.17, 15) is 9.59 Å². The van der Waals surface area contributed by atoms with Crippen LogP contribution in [0.4, 0.5) is 4.79 Å². The van der Waals surface area contributed by atoms with Gasteiger partial charge in [-0.3, -0.25) is 4.79 Å². The van der Waals surface area contributed by atoms with Gasteiger partial charge in [0.05, 0.1) is 18.1 Å². The molecule has 6 nitrogen and oxygen atoms in total. The molecule has 3 atom stereocenters. The van der Waals surface area contributed by atoms with Gasteiger partial charge >= 0.3 is 6.03 Å². The first-order valence-corrected chi connectivity index (χ1v) is 8.03. The Morgan fingerprint density at radius 1 is 1.30 bits per heavy atom. The van der Waals surface area contributed by atoms with Crippen LogP contribution in [-0.2, 0) is 16.1 Å². The summed E-state index contributed by atoms with van der Waals surface area (Å²) in [6.45, 7) is 3.55. The normalized spacial score (nSPS) is 26.0. The van der Waals surface area contributed by atoms with E-state index >= 15 is 0 Å². The van der Waals surface area contributed by atoms with E-state index < -0.39 is 0 Å². The highest BCUT2D eigenvalue weighted by atomic mass is 16.5. The number of likely N-dealkylation sites (tertiary alicyclic amines) is 1. The first-order valence-electron chi connectivity index (χ1n) is 8.03. The Morgan fingerprint density at radius 2 is 2.09 bits per heavy atom. The zero-order chi connectivity index (χ0) is 16.4. The van der Waals surface area contributed by atoms with Crippen molar-refractivity contribution in [3.8, 4) is 0 Å². The van der Waals surface area contributed by atoms with Crippen LogP contribution in [0.5, 0.6) is 0 Å². The molecule has 2 fully saturated rings. The minimum Gasteiger partial charge on any atom is -0.370 e. The highest BCUT2D eigenvalue weighted by Crippen LogP contribution is 2.32. The maximum Gasteiger partial charge on any atom is 0.317 e. The van der Waals surface area contributed by atoms with Gasteiger partial charge in [-0.05, 0) is 24.5 Å². The number of aryl methyl sites for hydroxylation is 1. The molecule has 2 aliphatic rings. The summed E-state index contributed by atoms with van der Waals surface area (Å²) in [5, 5.41) is 5.65. The highest BCUT2D eigenvalue weighted by molar-refractivity contribution is 5.80. The Hall–Kier alpha value is -2.08. The second-order valence-electron chi connectivity index (χ2n) is 6.24. The van der Waals surface area contributed by atoms with Crippen LogP contribution in [0.3, 0.4) is 0 Å². The van der Waals surface area contributed by atoms with E-state index in [0.717, 1.165) is 11.1 Å². The van der Waals surface area contributed by atoms with Gasteiger partial charge in [-0.15, -0.1) is 0 Å². The predicted octanol–water partition coefficient (Wildman–Crippen LogP) is 1.04. The Morgan fingerprint density at radius 3 is 2.83 bits per heavy atom. The molecule has 2 bridgehead atoms. The molecule has 124 valence electrons. The fourth-order valence-corrected chi connectivity index (χ4v) is 3.38. The van der Waals surface area contributed by atoms with Crippen LogP contribution < -0.4 is 10.6 Å². The van der Waals surface area contributed by atoms with Gasteiger partial charge in [0.25, 0.3) is 0 Å². The van der Waals surface area contributed by atoms with Crippen molar-refractivity contribution in [2.24, 2.45) is 5.92 Å². The van der Waals surface area contributed by atoms with E-state index in [2.05, 4.69) is 10.6 Å².